The summed E-state index contributed by atoms with van der Waals surface area (Å²) < 4.78 is 5.26. The van der Waals surface area contributed by atoms with Crippen LogP contribution in [0.25, 0.3) is 0 Å². The van der Waals surface area contributed by atoms with Crippen molar-refractivity contribution in [2.45, 2.75) is 32.7 Å². The highest BCUT2D eigenvalue weighted by atomic mass is 16.5. The molecule has 0 aromatic heterocycles. The van der Waals surface area contributed by atoms with Gasteiger partial charge in [-0.1, -0.05) is 6.92 Å². The van der Waals surface area contributed by atoms with Crippen molar-refractivity contribution in [3.05, 3.63) is 0 Å². The van der Waals surface area contributed by atoms with E-state index >= 15 is 0 Å². The first kappa shape index (κ1) is 11.9. The maximum absolute atomic E-state index is 9.10. The summed E-state index contributed by atoms with van der Waals surface area (Å²) in [5.41, 5.74) is -0.272. The number of aliphatic hydroxyl groups is 1. The quantitative estimate of drug-likeness (QED) is 0.600. The molecule has 0 rings (SSSR count). The Kier molecular flexibility index (Phi) is 6.34. The van der Waals surface area contributed by atoms with Crippen LogP contribution in [0.2, 0.25) is 0 Å². The number of rotatable bonds is 7. The van der Waals surface area contributed by atoms with Gasteiger partial charge in [-0.05, 0) is 26.8 Å². The molecule has 0 bridgehead atoms. The molecule has 3 heteroatoms. The molecule has 1 atom stereocenters. The van der Waals surface area contributed by atoms with Crippen LogP contribution in [0.4, 0.5) is 0 Å². The fraction of sp³-hybridized carbons (Fsp3) is 1.00. The van der Waals surface area contributed by atoms with E-state index in [9.17, 15) is 0 Å². The Balaban J connectivity index is 3.70. The first-order valence-electron chi connectivity index (χ1n) is 4.62. The van der Waals surface area contributed by atoms with E-state index in [2.05, 4.69) is 12.2 Å². The zero-order chi connectivity index (χ0) is 9.45. The minimum absolute atomic E-state index is 0.118. The van der Waals surface area contributed by atoms with Gasteiger partial charge in [-0.15, -0.1) is 0 Å². The topological polar surface area (TPSA) is 41.5 Å². The lowest BCUT2D eigenvalue weighted by molar-refractivity contribution is 0.0508. The Labute approximate surface area is 75.1 Å². The summed E-state index contributed by atoms with van der Waals surface area (Å²) in [4.78, 5) is 0. The fourth-order valence-electron chi connectivity index (χ4n) is 0.907. The van der Waals surface area contributed by atoms with Crippen LogP contribution in [0.5, 0.6) is 0 Å². The van der Waals surface area contributed by atoms with Gasteiger partial charge in [0.2, 0.25) is 0 Å². The molecule has 0 spiro atoms. The molecule has 0 aliphatic carbocycles. The molecule has 2 N–H and O–H groups in total. The van der Waals surface area contributed by atoms with Crippen LogP contribution in [-0.4, -0.2) is 37.0 Å². The molecule has 1 unspecified atom stereocenters. The highest BCUT2D eigenvalue weighted by Crippen LogP contribution is 2.02. The molecule has 12 heavy (non-hydrogen) atoms. The van der Waals surface area contributed by atoms with Crippen LogP contribution in [0.15, 0.2) is 0 Å². The van der Waals surface area contributed by atoms with Gasteiger partial charge in [0.1, 0.15) is 0 Å². The average Bonchev–Trinajstić information content (AvgIpc) is 2.11. The number of aliphatic hydroxyl groups excluding tert-OH is 1. The third kappa shape index (κ3) is 4.70. The second-order valence-corrected chi connectivity index (χ2v) is 3.28. The van der Waals surface area contributed by atoms with Gasteiger partial charge in [0.25, 0.3) is 0 Å². The molecule has 3 nitrogen and oxygen atoms in total. The van der Waals surface area contributed by atoms with Crippen LogP contribution in [0.1, 0.15) is 27.2 Å². The lowest BCUT2D eigenvalue weighted by Crippen LogP contribution is -2.49. The van der Waals surface area contributed by atoms with Crippen molar-refractivity contribution < 1.29 is 9.84 Å². The van der Waals surface area contributed by atoms with E-state index in [1.54, 1.807) is 0 Å². The van der Waals surface area contributed by atoms with Crippen molar-refractivity contribution in [3.63, 3.8) is 0 Å². The zero-order valence-corrected chi connectivity index (χ0v) is 8.39. The second kappa shape index (κ2) is 6.40. The third-order valence-corrected chi connectivity index (χ3v) is 1.78. The molecule has 0 aliphatic rings. The van der Waals surface area contributed by atoms with Crippen molar-refractivity contribution in [2.24, 2.45) is 0 Å². The Morgan fingerprint density at radius 1 is 1.42 bits per heavy atom. The van der Waals surface area contributed by atoms with Crippen molar-refractivity contribution in [1.29, 1.82) is 0 Å². The molecule has 74 valence electrons. The SMILES string of the molecule is CCCNC(C)(CO)COCC. The molecule has 0 amide bonds. The standard InChI is InChI=1S/C9H21NO2/c1-4-6-10-9(3,7-11)8-12-5-2/h10-11H,4-8H2,1-3H3. The van der Waals surface area contributed by atoms with Crippen LogP contribution >= 0.6 is 0 Å². The van der Waals surface area contributed by atoms with Gasteiger partial charge < -0.3 is 15.2 Å². The summed E-state index contributed by atoms with van der Waals surface area (Å²) in [7, 11) is 0. The van der Waals surface area contributed by atoms with Crippen LogP contribution < -0.4 is 5.32 Å². The molecule has 0 saturated heterocycles. The lowest BCUT2D eigenvalue weighted by atomic mass is 10.1. The summed E-state index contributed by atoms with van der Waals surface area (Å²) >= 11 is 0. The van der Waals surface area contributed by atoms with Gasteiger partial charge in [-0.2, -0.15) is 0 Å². The highest BCUT2D eigenvalue weighted by Gasteiger charge is 2.21. The van der Waals surface area contributed by atoms with Crippen LogP contribution in [-0.2, 0) is 4.74 Å². The third-order valence-electron chi connectivity index (χ3n) is 1.78. The van der Waals surface area contributed by atoms with E-state index in [-0.39, 0.29) is 12.1 Å². The largest absolute Gasteiger partial charge is 0.394 e. The fourth-order valence-corrected chi connectivity index (χ4v) is 0.907. The number of nitrogens with one attached hydrogen (secondary N) is 1. The van der Waals surface area contributed by atoms with Gasteiger partial charge in [-0.3, -0.25) is 0 Å². The Morgan fingerprint density at radius 3 is 2.50 bits per heavy atom. The highest BCUT2D eigenvalue weighted by molar-refractivity contribution is 4.81. The van der Waals surface area contributed by atoms with Gasteiger partial charge in [0.15, 0.2) is 0 Å². The summed E-state index contributed by atoms with van der Waals surface area (Å²) in [6, 6.07) is 0. The Bertz CT molecular complexity index is 98.7. The van der Waals surface area contributed by atoms with Crippen molar-refractivity contribution in [3.8, 4) is 0 Å². The number of hydrogen-bond donors (Lipinski definition) is 2. The summed E-state index contributed by atoms with van der Waals surface area (Å²) in [6.07, 6.45) is 1.07. The van der Waals surface area contributed by atoms with E-state index in [1.807, 2.05) is 13.8 Å². The molecule has 0 aromatic carbocycles. The maximum Gasteiger partial charge on any atom is 0.0667 e. The van der Waals surface area contributed by atoms with Crippen molar-refractivity contribution >= 4 is 0 Å². The normalized spacial score (nSPS) is 16.0. The van der Waals surface area contributed by atoms with Crippen molar-refractivity contribution in [2.75, 3.05) is 26.4 Å². The summed E-state index contributed by atoms with van der Waals surface area (Å²) in [5.74, 6) is 0. The van der Waals surface area contributed by atoms with Crippen LogP contribution in [0.3, 0.4) is 0 Å². The smallest absolute Gasteiger partial charge is 0.0667 e. The zero-order valence-electron chi connectivity index (χ0n) is 8.39. The van der Waals surface area contributed by atoms with E-state index in [4.69, 9.17) is 9.84 Å². The van der Waals surface area contributed by atoms with Gasteiger partial charge in [-0.25, -0.2) is 0 Å². The first-order valence-corrected chi connectivity index (χ1v) is 4.62. The molecule has 0 aromatic rings. The summed E-state index contributed by atoms with van der Waals surface area (Å²) in [6.45, 7) is 8.34. The van der Waals surface area contributed by atoms with Crippen molar-refractivity contribution in [1.82, 2.24) is 5.32 Å². The van der Waals surface area contributed by atoms with E-state index in [0.29, 0.717) is 13.2 Å². The molecule has 0 radical (unpaired) electrons. The van der Waals surface area contributed by atoms with E-state index in [0.717, 1.165) is 13.0 Å². The van der Waals surface area contributed by atoms with E-state index in [1.165, 1.54) is 0 Å². The predicted octanol–water partition coefficient (Wildman–Crippen LogP) is 0.773. The molecular formula is C9H21NO2. The molecule has 0 saturated carbocycles. The van der Waals surface area contributed by atoms with E-state index < -0.39 is 0 Å². The predicted molar refractivity (Wildman–Crippen MR) is 50.3 cm³/mol. The molecule has 0 heterocycles. The minimum atomic E-state index is -0.272. The van der Waals surface area contributed by atoms with Gasteiger partial charge in [0.05, 0.1) is 18.8 Å². The molecular weight excluding hydrogens is 154 g/mol. The van der Waals surface area contributed by atoms with Crippen LogP contribution in [0, 0.1) is 0 Å². The summed E-state index contributed by atoms with van der Waals surface area (Å²) in [5, 5.41) is 12.4. The monoisotopic (exact) mass is 175 g/mol. The van der Waals surface area contributed by atoms with Gasteiger partial charge >= 0.3 is 0 Å². The molecule has 0 fully saturated rings. The Hall–Kier alpha value is -0.120. The second-order valence-electron chi connectivity index (χ2n) is 3.28. The molecule has 0 aliphatic heterocycles. The maximum atomic E-state index is 9.10. The number of ether oxygens (including phenoxy) is 1. The first-order chi connectivity index (χ1) is 5.68. The average molecular weight is 175 g/mol. The van der Waals surface area contributed by atoms with Gasteiger partial charge in [0, 0.05) is 6.61 Å². The lowest BCUT2D eigenvalue weighted by Gasteiger charge is -2.28. The Morgan fingerprint density at radius 2 is 2.08 bits per heavy atom. The number of hydrogen-bond acceptors (Lipinski definition) is 3. The minimum Gasteiger partial charge on any atom is -0.394 e.